The van der Waals surface area contributed by atoms with Crippen LogP contribution in [0.4, 0.5) is 13.6 Å². The first-order valence-corrected chi connectivity index (χ1v) is 12.1. The van der Waals surface area contributed by atoms with Crippen molar-refractivity contribution in [3.63, 3.8) is 0 Å². The Balaban J connectivity index is 1.88. The maximum absolute atomic E-state index is 14.1. The number of hydrogen-bond acceptors (Lipinski definition) is 8. The number of rotatable bonds is 14. The van der Waals surface area contributed by atoms with E-state index in [1.54, 1.807) is 0 Å². The second-order valence-corrected chi connectivity index (χ2v) is 9.05. The van der Waals surface area contributed by atoms with Crippen LogP contribution in [0.15, 0.2) is 15.3 Å². The van der Waals surface area contributed by atoms with Gasteiger partial charge in [-0.15, -0.1) is 0 Å². The second-order valence-electron chi connectivity index (χ2n) is 9.05. The maximum Gasteiger partial charge on any atom is 0.340 e. The molecule has 13 nitrogen and oxygen atoms in total. The molecule has 40 heavy (non-hydrogen) atoms. The van der Waals surface area contributed by atoms with Gasteiger partial charge in [0, 0.05) is 18.4 Å². The summed E-state index contributed by atoms with van der Waals surface area (Å²) in [7, 11) is 0. The number of phenolic OH excluding ortho intramolecular Hbond substituents is 1. The van der Waals surface area contributed by atoms with Crippen LogP contribution in [0.3, 0.4) is 0 Å². The van der Waals surface area contributed by atoms with Crippen molar-refractivity contribution in [3.05, 3.63) is 39.2 Å². The van der Waals surface area contributed by atoms with E-state index in [2.05, 4.69) is 16.0 Å². The number of carbonyl (C=O) groups excluding carboxylic acids is 3. The van der Waals surface area contributed by atoms with E-state index in [-0.39, 0.29) is 60.9 Å². The van der Waals surface area contributed by atoms with E-state index < -0.39 is 71.0 Å². The largest absolute Gasteiger partial charge is 0.503 e. The lowest BCUT2D eigenvalue weighted by atomic mass is 10.0. The van der Waals surface area contributed by atoms with Crippen molar-refractivity contribution in [2.45, 2.75) is 64.5 Å². The van der Waals surface area contributed by atoms with Crippen molar-refractivity contribution in [2.75, 3.05) is 6.54 Å². The number of nitrogens with one attached hydrogen (secondary N) is 3. The van der Waals surface area contributed by atoms with Crippen LogP contribution in [0.2, 0.25) is 0 Å². The fourth-order valence-electron chi connectivity index (χ4n) is 3.79. The predicted octanol–water partition coefficient (Wildman–Crippen LogP) is 1.49. The summed E-state index contributed by atoms with van der Waals surface area (Å²) in [5, 5.41) is 34.6. The molecule has 2 aromatic rings. The number of aryl methyl sites for hydroxylation is 1. The molecular formula is C25H29F2N3O10. The number of unbranched alkanes of at least 4 members (excludes halogenated alkanes) is 1. The minimum Gasteiger partial charge on any atom is -0.503 e. The van der Waals surface area contributed by atoms with Gasteiger partial charge in [0.05, 0.1) is 12.0 Å². The normalized spacial score (nSPS) is 12.4. The molecule has 2 rings (SSSR count). The molecule has 0 radical (unpaired) electrons. The molecule has 15 heteroatoms. The van der Waals surface area contributed by atoms with Crippen molar-refractivity contribution in [1.29, 1.82) is 0 Å². The first-order valence-electron chi connectivity index (χ1n) is 12.1. The molecule has 1 heterocycles. The van der Waals surface area contributed by atoms with Crippen molar-refractivity contribution >= 4 is 40.6 Å². The quantitative estimate of drug-likeness (QED) is 0.142. The Morgan fingerprint density at radius 1 is 1.00 bits per heavy atom. The summed E-state index contributed by atoms with van der Waals surface area (Å²) in [5.41, 5.74) is -1.72. The van der Waals surface area contributed by atoms with Crippen molar-refractivity contribution < 1.29 is 52.5 Å². The number of hydrogen-bond donors (Lipinski definition) is 6. The Kier molecular flexibility index (Phi) is 11.1. The standard InChI is InChI=1S/C25H29F2N3O10/c1-11(31)6-7-17(23(36)37)30-25(39)29-16(22(34)35)5-3-4-8-28-18(32)10-14-12(2)13-9-15(26)20(33)19(27)21(13)40-24(14)38/h9,16-17,33H,3-8,10H2,1-2H3,(H,28,32)(H,34,35)(H,36,37)(H2,29,30,39)/t16-,17-/m0/s1. The molecule has 0 spiro atoms. The first kappa shape index (κ1) is 31.7. The lowest BCUT2D eigenvalue weighted by molar-refractivity contribution is -0.139. The number of carboxylic acid groups (broad SMARTS) is 2. The van der Waals surface area contributed by atoms with E-state index in [0.717, 1.165) is 6.07 Å². The Hall–Kier alpha value is -4.56. The summed E-state index contributed by atoms with van der Waals surface area (Å²) in [6.45, 7) is 2.70. The van der Waals surface area contributed by atoms with Gasteiger partial charge in [-0.25, -0.2) is 23.6 Å². The number of carbonyl (C=O) groups is 5. The van der Waals surface area contributed by atoms with Gasteiger partial charge >= 0.3 is 23.6 Å². The molecule has 0 saturated carbocycles. The number of benzene rings is 1. The summed E-state index contributed by atoms with van der Waals surface area (Å²) >= 11 is 0. The van der Waals surface area contributed by atoms with Crippen LogP contribution < -0.4 is 21.6 Å². The zero-order chi connectivity index (χ0) is 30.1. The number of halogens is 2. The van der Waals surface area contributed by atoms with Crippen molar-refractivity contribution in [3.8, 4) is 5.75 Å². The summed E-state index contributed by atoms with van der Waals surface area (Å²) in [6.07, 6.45) is -0.269. The SMILES string of the molecule is CC(=O)CC[C@H](NC(=O)N[C@@H](CCCCNC(=O)Cc1c(C)c2cc(F)c(O)c(F)c2oc1=O)C(=O)O)C(=O)O. The van der Waals surface area contributed by atoms with Crippen LogP contribution in [0.5, 0.6) is 5.75 Å². The summed E-state index contributed by atoms with van der Waals surface area (Å²) < 4.78 is 32.7. The molecule has 2 atom stereocenters. The minimum absolute atomic E-state index is 0.0544. The van der Waals surface area contributed by atoms with Crippen molar-refractivity contribution in [1.82, 2.24) is 16.0 Å². The number of carboxylic acids is 2. The number of Topliss-reactive ketones (excluding diaryl/α,β-unsaturated/α-hetero) is 1. The molecule has 0 saturated heterocycles. The van der Waals surface area contributed by atoms with Crippen LogP contribution in [-0.4, -0.2) is 63.6 Å². The molecule has 0 aliphatic rings. The maximum atomic E-state index is 14.1. The van der Waals surface area contributed by atoms with Gasteiger partial charge in [0.1, 0.15) is 17.9 Å². The van der Waals surface area contributed by atoms with E-state index in [4.69, 9.17) is 9.52 Å². The third-order valence-corrected chi connectivity index (χ3v) is 6.02. The fraction of sp³-hybridized carbons (Fsp3) is 0.440. The van der Waals surface area contributed by atoms with Gasteiger partial charge < -0.3 is 40.5 Å². The van der Waals surface area contributed by atoms with Crippen LogP contribution in [-0.2, 0) is 25.6 Å². The highest BCUT2D eigenvalue weighted by Crippen LogP contribution is 2.30. The zero-order valence-electron chi connectivity index (χ0n) is 21.6. The van der Waals surface area contributed by atoms with Gasteiger partial charge in [0.2, 0.25) is 11.7 Å². The van der Waals surface area contributed by atoms with Crippen LogP contribution in [0.25, 0.3) is 11.0 Å². The molecule has 1 aromatic heterocycles. The summed E-state index contributed by atoms with van der Waals surface area (Å²) in [6, 6.07) is -2.99. The Morgan fingerprint density at radius 2 is 1.60 bits per heavy atom. The topological polar surface area (TPSA) is 212 Å². The summed E-state index contributed by atoms with van der Waals surface area (Å²) in [4.78, 5) is 70.5. The van der Waals surface area contributed by atoms with E-state index >= 15 is 0 Å². The van der Waals surface area contributed by atoms with Gasteiger partial charge in [0.15, 0.2) is 17.1 Å². The number of phenols is 1. The highest BCUT2D eigenvalue weighted by atomic mass is 19.1. The van der Waals surface area contributed by atoms with Crippen LogP contribution in [0.1, 0.15) is 50.2 Å². The lowest BCUT2D eigenvalue weighted by Crippen LogP contribution is -2.51. The Morgan fingerprint density at radius 3 is 2.17 bits per heavy atom. The smallest absolute Gasteiger partial charge is 0.340 e. The number of fused-ring (bicyclic) bond motifs is 1. The van der Waals surface area contributed by atoms with E-state index in [0.29, 0.717) is 0 Å². The van der Waals surface area contributed by atoms with E-state index in [1.165, 1.54) is 13.8 Å². The molecule has 218 valence electrons. The number of aliphatic carboxylic acids is 2. The molecule has 0 unspecified atom stereocenters. The number of ketones is 1. The van der Waals surface area contributed by atoms with Gasteiger partial charge in [-0.05, 0) is 51.2 Å². The molecule has 3 amide bonds. The lowest BCUT2D eigenvalue weighted by Gasteiger charge is -2.18. The van der Waals surface area contributed by atoms with Gasteiger partial charge in [-0.1, -0.05) is 0 Å². The number of aromatic hydroxyl groups is 1. The second kappa shape index (κ2) is 14.0. The zero-order valence-corrected chi connectivity index (χ0v) is 21.6. The highest BCUT2D eigenvalue weighted by Gasteiger charge is 2.25. The Labute approximate surface area is 225 Å². The molecule has 0 aliphatic carbocycles. The summed E-state index contributed by atoms with van der Waals surface area (Å²) in [5.74, 6) is -7.63. The third-order valence-electron chi connectivity index (χ3n) is 6.02. The predicted molar refractivity (Wildman–Crippen MR) is 134 cm³/mol. The molecule has 0 fully saturated rings. The monoisotopic (exact) mass is 569 g/mol. The highest BCUT2D eigenvalue weighted by molar-refractivity contribution is 5.87. The fourth-order valence-corrected chi connectivity index (χ4v) is 3.79. The number of amides is 3. The average molecular weight is 570 g/mol. The molecule has 0 aliphatic heterocycles. The van der Waals surface area contributed by atoms with Crippen LogP contribution in [0, 0.1) is 18.6 Å². The van der Waals surface area contributed by atoms with Gasteiger partial charge in [0.25, 0.3) is 0 Å². The molecule has 1 aromatic carbocycles. The Bertz CT molecular complexity index is 1380. The van der Waals surface area contributed by atoms with Gasteiger partial charge in [-0.3, -0.25) is 4.79 Å². The van der Waals surface area contributed by atoms with Gasteiger partial charge in [-0.2, -0.15) is 4.39 Å². The molecule has 6 N–H and O–H groups in total. The van der Waals surface area contributed by atoms with E-state index in [9.17, 15) is 47.8 Å². The first-order chi connectivity index (χ1) is 18.7. The van der Waals surface area contributed by atoms with Crippen LogP contribution >= 0.6 is 0 Å². The number of urea groups is 1. The molecule has 0 bridgehead atoms. The van der Waals surface area contributed by atoms with Crippen molar-refractivity contribution in [2.24, 2.45) is 0 Å². The van der Waals surface area contributed by atoms with E-state index in [1.807, 2.05) is 0 Å². The third kappa shape index (κ3) is 8.47. The molecular weight excluding hydrogens is 540 g/mol. The average Bonchev–Trinajstić information content (AvgIpc) is 2.87. The minimum atomic E-state index is -1.44.